The number of hydrogen-bond acceptors (Lipinski definition) is 3. The third kappa shape index (κ3) is 2.90. The van der Waals surface area contributed by atoms with Gasteiger partial charge in [0.15, 0.2) is 10.8 Å². The predicted molar refractivity (Wildman–Crippen MR) is 64.7 cm³/mol. The second kappa shape index (κ2) is 5.22. The van der Waals surface area contributed by atoms with Crippen molar-refractivity contribution in [1.29, 1.82) is 0 Å². The minimum Gasteiger partial charge on any atom is -0.189 e. The van der Waals surface area contributed by atoms with Crippen molar-refractivity contribution in [3.05, 3.63) is 22.6 Å². The van der Waals surface area contributed by atoms with E-state index in [1.165, 1.54) is 6.07 Å². The molecule has 0 aromatic carbocycles. The molecule has 8 heteroatoms. The van der Waals surface area contributed by atoms with Gasteiger partial charge in [-0.2, -0.15) is 18.4 Å². The summed E-state index contributed by atoms with van der Waals surface area (Å²) in [6.07, 6.45) is 0. The minimum atomic E-state index is -3.28. The largest absolute Gasteiger partial charge is 0.361 e. The number of hydrogen-bond donors (Lipinski definition) is 0. The number of aromatic nitrogens is 4. The van der Waals surface area contributed by atoms with Gasteiger partial charge >= 0.3 is 4.83 Å². The van der Waals surface area contributed by atoms with Crippen LogP contribution in [0.1, 0.15) is 25.2 Å². The van der Waals surface area contributed by atoms with Crippen molar-refractivity contribution < 1.29 is 8.78 Å². The van der Waals surface area contributed by atoms with Gasteiger partial charge in [-0.3, -0.25) is 0 Å². The molecule has 0 aliphatic heterocycles. The van der Waals surface area contributed by atoms with Crippen LogP contribution in [0.5, 0.6) is 0 Å². The van der Waals surface area contributed by atoms with Crippen LogP contribution >= 0.6 is 27.5 Å². The van der Waals surface area contributed by atoms with Crippen molar-refractivity contribution >= 4 is 33.2 Å². The summed E-state index contributed by atoms with van der Waals surface area (Å²) in [4.78, 5) is -3.28. The highest BCUT2D eigenvalue weighted by atomic mass is 79.9. The molecule has 0 bridgehead atoms. The molecule has 0 aliphatic rings. The quantitative estimate of drug-likeness (QED) is 0.752. The molecule has 2 heterocycles. The van der Waals surface area contributed by atoms with Gasteiger partial charge in [0.05, 0.1) is 0 Å². The maximum atomic E-state index is 13.0. The highest BCUT2D eigenvalue weighted by Crippen LogP contribution is 2.33. The molecule has 0 fully saturated rings. The van der Waals surface area contributed by atoms with Gasteiger partial charge < -0.3 is 0 Å². The third-order valence-corrected chi connectivity index (χ3v) is 2.51. The molecular formula is C9H10BrClF2N4. The van der Waals surface area contributed by atoms with E-state index in [1.807, 2.05) is 13.8 Å². The molecule has 17 heavy (non-hydrogen) atoms. The molecule has 0 atom stereocenters. The molecule has 0 aliphatic carbocycles. The number of nitrogens with zero attached hydrogens (tertiary/aromatic N) is 4. The number of rotatable bonds is 1. The molecule has 2 aromatic heterocycles. The van der Waals surface area contributed by atoms with Gasteiger partial charge in [0.1, 0.15) is 0 Å². The van der Waals surface area contributed by atoms with Crippen LogP contribution in [0.4, 0.5) is 8.78 Å². The molecule has 0 radical (unpaired) electrons. The highest BCUT2D eigenvalue weighted by Gasteiger charge is 2.34. The zero-order chi connectivity index (χ0) is 13.2. The van der Waals surface area contributed by atoms with E-state index in [0.717, 1.165) is 4.52 Å². The van der Waals surface area contributed by atoms with E-state index in [-0.39, 0.29) is 10.8 Å². The van der Waals surface area contributed by atoms with Crippen LogP contribution in [-0.4, -0.2) is 19.8 Å². The van der Waals surface area contributed by atoms with Crippen LogP contribution in [0.15, 0.2) is 6.07 Å². The second-order valence-electron chi connectivity index (χ2n) is 2.91. The van der Waals surface area contributed by atoms with E-state index in [4.69, 9.17) is 11.6 Å². The van der Waals surface area contributed by atoms with E-state index in [2.05, 4.69) is 31.2 Å². The van der Waals surface area contributed by atoms with Crippen molar-refractivity contribution in [2.24, 2.45) is 0 Å². The highest BCUT2D eigenvalue weighted by molar-refractivity contribution is 9.09. The molecule has 0 unspecified atom stereocenters. The number of halogens is 4. The average Bonchev–Trinajstić information content (AvgIpc) is 2.64. The van der Waals surface area contributed by atoms with Gasteiger partial charge in [-0.1, -0.05) is 25.4 Å². The Morgan fingerprint density at radius 1 is 1.35 bits per heavy atom. The Hall–Kier alpha value is -0.820. The van der Waals surface area contributed by atoms with Crippen molar-refractivity contribution in [2.45, 2.75) is 25.6 Å². The van der Waals surface area contributed by atoms with Gasteiger partial charge in [-0.25, -0.2) is 0 Å². The maximum Gasteiger partial charge on any atom is 0.361 e. The number of fused-ring (bicyclic) bond motifs is 1. The normalized spacial score (nSPS) is 11.2. The third-order valence-electron chi connectivity index (χ3n) is 1.78. The molecule has 0 saturated carbocycles. The molecule has 2 rings (SSSR count). The van der Waals surface area contributed by atoms with E-state index in [9.17, 15) is 8.78 Å². The van der Waals surface area contributed by atoms with Gasteiger partial charge in [0.2, 0.25) is 5.82 Å². The van der Waals surface area contributed by atoms with Crippen LogP contribution in [0, 0.1) is 6.92 Å². The zero-order valence-corrected chi connectivity index (χ0v) is 11.7. The summed E-state index contributed by atoms with van der Waals surface area (Å²) in [6.45, 7) is 5.70. The first-order valence-corrected chi connectivity index (χ1v) is 6.02. The SMILES string of the molecule is CC.Cc1cc2nnc(C(F)(F)Br)n2nc1Cl. The topological polar surface area (TPSA) is 43.1 Å². The van der Waals surface area contributed by atoms with Crippen LogP contribution < -0.4 is 0 Å². The van der Waals surface area contributed by atoms with E-state index >= 15 is 0 Å². The van der Waals surface area contributed by atoms with Crippen molar-refractivity contribution in [1.82, 2.24) is 19.8 Å². The first-order chi connectivity index (χ1) is 7.89. The Balaban J connectivity index is 0.000000686. The van der Waals surface area contributed by atoms with Crippen molar-refractivity contribution in [3.8, 4) is 0 Å². The Labute approximate surface area is 110 Å². The van der Waals surface area contributed by atoms with Crippen LogP contribution in [0.2, 0.25) is 5.15 Å². The Morgan fingerprint density at radius 3 is 2.47 bits per heavy atom. The fraction of sp³-hybridized carbons (Fsp3) is 0.444. The summed E-state index contributed by atoms with van der Waals surface area (Å²) in [7, 11) is 0. The molecular weight excluding hydrogens is 317 g/mol. The monoisotopic (exact) mass is 326 g/mol. The van der Waals surface area contributed by atoms with E-state index < -0.39 is 10.7 Å². The first-order valence-electron chi connectivity index (χ1n) is 4.85. The lowest BCUT2D eigenvalue weighted by atomic mass is 10.3. The van der Waals surface area contributed by atoms with E-state index in [0.29, 0.717) is 5.56 Å². The standard InChI is InChI=1S/C7H4BrClF2N4.C2H6/c1-3-2-4-12-13-6(7(8,10)11)15(4)14-5(3)9;1-2/h2H,1H3;1-2H3. The molecule has 0 spiro atoms. The molecule has 0 N–H and O–H groups in total. The molecule has 0 saturated heterocycles. The van der Waals surface area contributed by atoms with Gasteiger partial charge in [0, 0.05) is 0 Å². The van der Waals surface area contributed by atoms with Gasteiger partial charge in [-0.05, 0) is 34.5 Å². The smallest absolute Gasteiger partial charge is 0.189 e. The molecule has 2 aromatic rings. The van der Waals surface area contributed by atoms with Crippen molar-refractivity contribution in [2.75, 3.05) is 0 Å². The first kappa shape index (κ1) is 14.2. The summed E-state index contributed by atoms with van der Waals surface area (Å²) in [5, 5.41) is 10.8. The second-order valence-corrected chi connectivity index (χ2v) is 4.26. The van der Waals surface area contributed by atoms with Crippen LogP contribution in [-0.2, 0) is 4.83 Å². The van der Waals surface area contributed by atoms with Gasteiger partial charge in [-0.15, -0.1) is 10.2 Å². The summed E-state index contributed by atoms with van der Waals surface area (Å²) in [5.41, 5.74) is 0.882. The average molecular weight is 328 g/mol. The van der Waals surface area contributed by atoms with Crippen LogP contribution in [0.25, 0.3) is 5.65 Å². The number of aryl methyl sites for hydroxylation is 1. The summed E-state index contributed by atoms with van der Waals surface area (Å²) in [5.74, 6) is -0.598. The molecule has 94 valence electrons. The Kier molecular flexibility index (Phi) is 4.37. The minimum absolute atomic E-state index is 0.139. The lowest BCUT2D eigenvalue weighted by Crippen LogP contribution is -2.10. The summed E-state index contributed by atoms with van der Waals surface area (Å²) in [6, 6.07) is 1.53. The van der Waals surface area contributed by atoms with Crippen molar-refractivity contribution in [3.63, 3.8) is 0 Å². The predicted octanol–water partition coefficient (Wildman–Crippen LogP) is 3.56. The Bertz CT molecular complexity index is 523. The number of alkyl halides is 3. The van der Waals surface area contributed by atoms with Gasteiger partial charge in [0.25, 0.3) is 0 Å². The fourth-order valence-electron chi connectivity index (χ4n) is 1.08. The summed E-state index contributed by atoms with van der Waals surface area (Å²) < 4.78 is 26.8. The maximum absolute atomic E-state index is 13.0. The lowest BCUT2D eigenvalue weighted by Gasteiger charge is -2.05. The molecule has 4 nitrogen and oxygen atoms in total. The zero-order valence-electron chi connectivity index (χ0n) is 9.38. The molecule has 0 amide bonds. The van der Waals surface area contributed by atoms with Crippen LogP contribution in [0.3, 0.4) is 0 Å². The lowest BCUT2D eigenvalue weighted by molar-refractivity contribution is 0.101. The Morgan fingerprint density at radius 2 is 1.94 bits per heavy atom. The summed E-state index contributed by atoms with van der Waals surface area (Å²) >= 11 is 7.91. The van der Waals surface area contributed by atoms with E-state index in [1.54, 1.807) is 6.92 Å². The fourth-order valence-corrected chi connectivity index (χ4v) is 1.45.